The summed E-state index contributed by atoms with van der Waals surface area (Å²) in [7, 11) is 1.47. The number of methoxy groups -OCH3 is 1. The van der Waals surface area contributed by atoms with Gasteiger partial charge in [0, 0.05) is 26.3 Å². The highest BCUT2D eigenvalue weighted by atomic mass is 19.4. The number of nitrogens with zero attached hydrogens (tertiary/aromatic N) is 4. The van der Waals surface area contributed by atoms with Crippen LogP contribution in [0.1, 0.15) is 12.2 Å². The molecule has 1 aromatic rings. The van der Waals surface area contributed by atoms with Crippen molar-refractivity contribution < 1.29 is 17.9 Å². The average molecular weight is 304 g/mol. The summed E-state index contributed by atoms with van der Waals surface area (Å²) < 4.78 is 43.2. The fraction of sp³-hybridized carbons (Fsp3) is 0.545. The molecular weight excluding hydrogens is 289 g/mol. The molecule has 0 atom stereocenters. The number of nitrogen functional groups attached to an aromatic ring is 1. The lowest BCUT2D eigenvalue weighted by molar-refractivity contribution is -0.144. The highest BCUT2D eigenvalue weighted by Gasteiger charge is 2.35. The first kappa shape index (κ1) is 16.9. The van der Waals surface area contributed by atoms with Crippen LogP contribution in [0.4, 0.5) is 24.8 Å². The Morgan fingerprint density at radius 3 is 2.67 bits per heavy atom. The second-order valence-electron chi connectivity index (χ2n) is 3.97. The third kappa shape index (κ3) is 5.05. The summed E-state index contributed by atoms with van der Waals surface area (Å²) in [5, 5.41) is 8.62. The van der Waals surface area contributed by atoms with Crippen LogP contribution in [0.2, 0.25) is 0 Å². The predicted molar refractivity (Wildman–Crippen MR) is 69.2 cm³/mol. The van der Waals surface area contributed by atoms with Crippen molar-refractivity contribution in [3.63, 3.8) is 0 Å². The van der Waals surface area contributed by atoms with Gasteiger partial charge < -0.3 is 15.1 Å². The fourth-order valence-corrected chi connectivity index (χ4v) is 1.52. The number of rotatable bonds is 7. The van der Waals surface area contributed by atoms with Gasteiger partial charge in [-0.15, -0.1) is 0 Å². The van der Waals surface area contributed by atoms with E-state index in [1.165, 1.54) is 18.1 Å². The molecule has 0 aliphatic carbocycles. The van der Waals surface area contributed by atoms with Crippen molar-refractivity contribution in [2.45, 2.75) is 12.6 Å². The van der Waals surface area contributed by atoms with E-state index in [1.54, 1.807) is 0 Å². The number of aromatic nitrogens is 2. The molecule has 116 valence electrons. The Kier molecular flexibility index (Phi) is 6.13. The van der Waals surface area contributed by atoms with Crippen LogP contribution in [0.15, 0.2) is 6.07 Å². The van der Waals surface area contributed by atoms with Gasteiger partial charge in [-0.3, -0.25) is 0 Å². The maximum absolute atomic E-state index is 12.8. The SMILES string of the molecule is COCCN(CCC#N)c1cc(NN)nc(C(F)(F)F)n1. The summed E-state index contributed by atoms with van der Waals surface area (Å²) in [5.74, 6) is 3.69. The third-order valence-corrected chi connectivity index (χ3v) is 2.50. The Labute approximate surface area is 119 Å². The van der Waals surface area contributed by atoms with Crippen molar-refractivity contribution in [2.75, 3.05) is 37.1 Å². The van der Waals surface area contributed by atoms with E-state index in [1.807, 2.05) is 6.07 Å². The van der Waals surface area contributed by atoms with E-state index in [0.29, 0.717) is 0 Å². The molecule has 21 heavy (non-hydrogen) atoms. The lowest BCUT2D eigenvalue weighted by atomic mass is 10.3. The molecule has 1 aromatic heterocycles. The van der Waals surface area contributed by atoms with Crippen LogP contribution >= 0.6 is 0 Å². The van der Waals surface area contributed by atoms with Gasteiger partial charge in [-0.25, -0.2) is 15.8 Å². The molecule has 0 bridgehead atoms. The van der Waals surface area contributed by atoms with Crippen LogP contribution < -0.4 is 16.2 Å². The van der Waals surface area contributed by atoms with Crippen molar-refractivity contribution in [1.82, 2.24) is 9.97 Å². The second-order valence-corrected chi connectivity index (χ2v) is 3.97. The van der Waals surface area contributed by atoms with Gasteiger partial charge in [-0.05, 0) is 0 Å². The third-order valence-electron chi connectivity index (χ3n) is 2.50. The fourth-order valence-electron chi connectivity index (χ4n) is 1.52. The first-order valence-electron chi connectivity index (χ1n) is 5.96. The largest absolute Gasteiger partial charge is 0.451 e. The Balaban J connectivity index is 3.13. The number of hydrogen-bond acceptors (Lipinski definition) is 7. The first-order valence-corrected chi connectivity index (χ1v) is 5.96. The highest BCUT2D eigenvalue weighted by Crippen LogP contribution is 2.29. The number of alkyl halides is 3. The van der Waals surface area contributed by atoms with Crippen molar-refractivity contribution >= 4 is 11.6 Å². The van der Waals surface area contributed by atoms with Gasteiger partial charge in [0.25, 0.3) is 0 Å². The standard InChI is InChI=1S/C11H15F3N6O/c1-21-6-5-20(4-2-3-15)9-7-8(19-16)17-10(18-9)11(12,13)14/h7H,2,4-6,16H2,1H3,(H,17,18,19). The number of halogens is 3. The Morgan fingerprint density at radius 2 is 2.14 bits per heavy atom. The molecule has 0 spiro atoms. The Hall–Kier alpha value is -2.12. The number of nitrogens with one attached hydrogen (secondary N) is 1. The monoisotopic (exact) mass is 304 g/mol. The predicted octanol–water partition coefficient (Wildman–Crippen LogP) is 1.15. The minimum absolute atomic E-state index is 0.0255. The van der Waals surface area contributed by atoms with Gasteiger partial charge >= 0.3 is 6.18 Å². The van der Waals surface area contributed by atoms with Gasteiger partial charge in [0.05, 0.1) is 19.1 Å². The molecule has 7 nitrogen and oxygen atoms in total. The normalized spacial score (nSPS) is 11.0. The van der Waals surface area contributed by atoms with E-state index in [9.17, 15) is 13.2 Å². The van der Waals surface area contributed by atoms with Gasteiger partial charge in [0.1, 0.15) is 11.6 Å². The van der Waals surface area contributed by atoms with E-state index in [-0.39, 0.29) is 37.8 Å². The molecule has 0 aliphatic heterocycles. The molecule has 0 aromatic carbocycles. The van der Waals surface area contributed by atoms with Gasteiger partial charge in [-0.1, -0.05) is 0 Å². The van der Waals surface area contributed by atoms with Gasteiger partial charge in [-0.2, -0.15) is 18.4 Å². The molecule has 3 N–H and O–H groups in total. The molecule has 1 heterocycles. The molecule has 0 saturated carbocycles. The zero-order valence-corrected chi connectivity index (χ0v) is 11.3. The summed E-state index contributed by atoms with van der Waals surface area (Å²) in [6.45, 7) is 0.789. The van der Waals surface area contributed by atoms with E-state index >= 15 is 0 Å². The molecule has 0 radical (unpaired) electrons. The van der Waals surface area contributed by atoms with E-state index < -0.39 is 12.0 Å². The van der Waals surface area contributed by atoms with Gasteiger partial charge in [0.2, 0.25) is 5.82 Å². The number of anilines is 2. The molecule has 10 heteroatoms. The van der Waals surface area contributed by atoms with Crippen LogP contribution in [0, 0.1) is 11.3 Å². The molecule has 0 fully saturated rings. The summed E-state index contributed by atoms with van der Waals surface area (Å²) in [5.41, 5.74) is 2.07. The zero-order chi connectivity index (χ0) is 15.9. The summed E-state index contributed by atoms with van der Waals surface area (Å²) in [4.78, 5) is 8.26. The lowest BCUT2D eigenvalue weighted by Gasteiger charge is -2.23. The maximum Gasteiger partial charge on any atom is 0.451 e. The van der Waals surface area contributed by atoms with E-state index in [2.05, 4.69) is 15.4 Å². The summed E-state index contributed by atoms with van der Waals surface area (Å²) in [6.07, 6.45) is -4.55. The quantitative estimate of drug-likeness (QED) is 0.575. The topological polar surface area (TPSA) is 100 Å². The van der Waals surface area contributed by atoms with Crippen molar-refractivity contribution in [1.29, 1.82) is 5.26 Å². The van der Waals surface area contributed by atoms with Crippen LogP contribution in [0.5, 0.6) is 0 Å². The molecule has 1 rings (SSSR count). The van der Waals surface area contributed by atoms with E-state index in [0.717, 1.165) is 0 Å². The number of nitriles is 1. The van der Waals surface area contributed by atoms with Crippen LogP contribution in [0.3, 0.4) is 0 Å². The average Bonchev–Trinajstić information content (AvgIpc) is 2.46. The molecular formula is C11H15F3N6O. The Bertz CT molecular complexity index is 502. The smallest absolute Gasteiger partial charge is 0.383 e. The van der Waals surface area contributed by atoms with E-state index in [4.69, 9.17) is 15.8 Å². The highest BCUT2D eigenvalue weighted by molar-refractivity contribution is 5.49. The number of nitrogens with two attached hydrogens (primary N) is 1. The first-order chi connectivity index (χ1) is 9.92. The summed E-state index contributed by atoms with van der Waals surface area (Å²) >= 11 is 0. The van der Waals surface area contributed by atoms with Crippen LogP contribution in [-0.4, -0.2) is 36.8 Å². The molecule has 0 amide bonds. The number of ether oxygens (including phenoxy) is 1. The number of hydrazine groups is 1. The van der Waals surface area contributed by atoms with Gasteiger partial charge in [0.15, 0.2) is 0 Å². The number of hydrogen-bond donors (Lipinski definition) is 2. The van der Waals surface area contributed by atoms with Crippen LogP contribution in [-0.2, 0) is 10.9 Å². The minimum Gasteiger partial charge on any atom is -0.383 e. The summed E-state index contributed by atoms with van der Waals surface area (Å²) in [6, 6.07) is 3.21. The minimum atomic E-state index is -4.69. The second kappa shape index (κ2) is 7.61. The lowest BCUT2D eigenvalue weighted by Crippen LogP contribution is -2.30. The Morgan fingerprint density at radius 1 is 1.43 bits per heavy atom. The van der Waals surface area contributed by atoms with Crippen molar-refractivity contribution in [3.8, 4) is 6.07 Å². The van der Waals surface area contributed by atoms with Crippen molar-refractivity contribution in [2.24, 2.45) is 5.84 Å². The van der Waals surface area contributed by atoms with Crippen LogP contribution in [0.25, 0.3) is 0 Å². The molecule has 0 aliphatic rings. The molecule has 0 unspecified atom stereocenters. The molecule has 0 saturated heterocycles. The maximum atomic E-state index is 12.8. The zero-order valence-electron chi connectivity index (χ0n) is 11.3. The van der Waals surface area contributed by atoms with Crippen molar-refractivity contribution in [3.05, 3.63) is 11.9 Å².